The van der Waals surface area contributed by atoms with Crippen molar-refractivity contribution in [3.63, 3.8) is 0 Å². The number of benzene rings is 9. The Morgan fingerprint density at radius 1 is 0.275 bits per heavy atom. The maximum absolute atomic E-state index is 5.48. The SMILES string of the molecule is Cc1ccc(-c2ccc3c4ccc(-c5ccc(C)cc5)cc4n(-c4ccc(-c5cc(-c6ccccc6)nc(-c6ccccc6)n5)cc4-c4cc(-c5ccccc5)nc(-c5ccccc5)n4)c3c2)cc1. The van der Waals surface area contributed by atoms with Crippen LogP contribution in [-0.2, 0) is 0 Å². The van der Waals surface area contributed by atoms with E-state index in [0.717, 1.165) is 84.0 Å². The Morgan fingerprint density at radius 3 is 1.09 bits per heavy atom. The Labute approximate surface area is 401 Å². The van der Waals surface area contributed by atoms with Crippen LogP contribution in [0.1, 0.15) is 11.1 Å². The van der Waals surface area contributed by atoms with Gasteiger partial charge in [0.15, 0.2) is 11.6 Å². The van der Waals surface area contributed by atoms with E-state index < -0.39 is 0 Å². The van der Waals surface area contributed by atoms with Crippen LogP contribution in [0.2, 0.25) is 0 Å². The average molecular weight is 884 g/mol. The van der Waals surface area contributed by atoms with Gasteiger partial charge in [-0.1, -0.05) is 211 Å². The first kappa shape index (κ1) is 41.4. The van der Waals surface area contributed by atoms with E-state index >= 15 is 0 Å². The Kier molecular flexibility index (Phi) is 10.6. The van der Waals surface area contributed by atoms with Gasteiger partial charge >= 0.3 is 0 Å². The zero-order valence-electron chi connectivity index (χ0n) is 38.3. The van der Waals surface area contributed by atoms with E-state index in [1.807, 2.05) is 48.5 Å². The summed E-state index contributed by atoms with van der Waals surface area (Å²) in [7, 11) is 0. The third kappa shape index (κ3) is 8.06. The summed E-state index contributed by atoms with van der Waals surface area (Å²) < 4.78 is 2.44. The zero-order valence-corrected chi connectivity index (χ0v) is 38.3. The van der Waals surface area contributed by atoms with Crippen molar-refractivity contribution in [2.45, 2.75) is 13.8 Å². The number of hydrogen-bond donors (Lipinski definition) is 0. The molecule has 0 radical (unpaired) electrons. The lowest BCUT2D eigenvalue weighted by Crippen LogP contribution is -2.02. The Balaban J connectivity index is 1.17. The van der Waals surface area contributed by atoms with Crippen molar-refractivity contribution >= 4 is 21.8 Å². The van der Waals surface area contributed by atoms with Gasteiger partial charge in [0.05, 0.1) is 39.5 Å². The number of aryl methyl sites for hydroxylation is 2. The minimum atomic E-state index is 0.647. The molecule has 0 unspecified atom stereocenters. The molecule has 0 N–H and O–H groups in total. The summed E-state index contributed by atoms with van der Waals surface area (Å²) in [6.45, 7) is 4.27. The molecular formula is C64H45N5. The molecule has 0 aliphatic rings. The van der Waals surface area contributed by atoms with Crippen LogP contribution in [0.5, 0.6) is 0 Å². The molecule has 326 valence electrons. The van der Waals surface area contributed by atoms with E-state index in [2.05, 4.69) is 206 Å². The van der Waals surface area contributed by atoms with E-state index in [-0.39, 0.29) is 0 Å². The fourth-order valence-corrected chi connectivity index (χ4v) is 9.35. The molecule has 0 saturated carbocycles. The van der Waals surface area contributed by atoms with Crippen molar-refractivity contribution < 1.29 is 0 Å². The number of aromatic nitrogens is 5. The predicted octanol–water partition coefficient (Wildman–Crippen LogP) is 16.3. The third-order valence-electron chi connectivity index (χ3n) is 13.0. The van der Waals surface area contributed by atoms with Gasteiger partial charge in [-0.3, -0.25) is 0 Å². The fourth-order valence-electron chi connectivity index (χ4n) is 9.35. The van der Waals surface area contributed by atoms with Crippen LogP contribution in [0, 0.1) is 13.8 Å². The normalized spacial score (nSPS) is 11.3. The highest BCUT2D eigenvalue weighted by atomic mass is 15.0. The molecule has 5 heteroatoms. The predicted molar refractivity (Wildman–Crippen MR) is 285 cm³/mol. The molecule has 9 aromatic carbocycles. The average Bonchev–Trinajstić information content (AvgIpc) is 3.74. The summed E-state index contributed by atoms with van der Waals surface area (Å²) in [5.74, 6) is 1.31. The highest BCUT2D eigenvalue weighted by Gasteiger charge is 2.22. The Hall–Kier alpha value is -9.06. The molecule has 0 atom stereocenters. The van der Waals surface area contributed by atoms with Gasteiger partial charge in [-0.25, -0.2) is 19.9 Å². The maximum atomic E-state index is 5.48. The van der Waals surface area contributed by atoms with E-state index in [4.69, 9.17) is 19.9 Å². The smallest absolute Gasteiger partial charge is 0.160 e. The standard InChI is InChI=1S/C64H45N5/c1-42-23-27-44(28-24-42)50-31-34-53-54-35-32-51(45-29-25-43(2)26-30-45)39-62(54)69(61(53)38-50)60-36-33-52(58-40-56(46-15-7-3-8-16-46)65-63(67-58)48-19-11-5-12-20-48)37-55(60)59-41-57(47-17-9-4-10-18-47)66-64(68-59)49-21-13-6-14-22-49/h3-41H,1-2H3. The maximum Gasteiger partial charge on any atom is 0.160 e. The molecule has 3 heterocycles. The summed E-state index contributed by atoms with van der Waals surface area (Å²) in [4.78, 5) is 21.2. The van der Waals surface area contributed by atoms with Gasteiger partial charge in [-0.2, -0.15) is 0 Å². The molecule has 12 rings (SSSR count). The van der Waals surface area contributed by atoms with Crippen LogP contribution < -0.4 is 0 Å². The summed E-state index contributed by atoms with van der Waals surface area (Å²) >= 11 is 0. The monoisotopic (exact) mass is 883 g/mol. The second kappa shape index (κ2) is 17.6. The van der Waals surface area contributed by atoms with Crippen molar-refractivity contribution in [3.8, 4) is 95.7 Å². The minimum absolute atomic E-state index is 0.647. The molecule has 0 spiro atoms. The Bertz CT molecular complexity index is 3590. The largest absolute Gasteiger partial charge is 0.309 e. The van der Waals surface area contributed by atoms with E-state index in [0.29, 0.717) is 11.6 Å². The first-order valence-corrected chi connectivity index (χ1v) is 23.4. The molecule has 69 heavy (non-hydrogen) atoms. The molecule has 3 aromatic heterocycles. The molecular weight excluding hydrogens is 839 g/mol. The second-order valence-corrected chi connectivity index (χ2v) is 17.7. The summed E-state index contributed by atoms with van der Waals surface area (Å²) in [5, 5.41) is 2.33. The summed E-state index contributed by atoms with van der Waals surface area (Å²) in [6.07, 6.45) is 0. The van der Waals surface area contributed by atoms with Crippen LogP contribution in [0.4, 0.5) is 0 Å². The van der Waals surface area contributed by atoms with Crippen LogP contribution in [0.3, 0.4) is 0 Å². The zero-order chi connectivity index (χ0) is 46.3. The third-order valence-corrected chi connectivity index (χ3v) is 13.0. The van der Waals surface area contributed by atoms with Crippen molar-refractivity contribution in [1.82, 2.24) is 24.5 Å². The molecule has 12 aromatic rings. The van der Waals surface area contributed by atoms with E-state index in [1.54, 1.807) is 0 Å². The van der Waals surface area contributed by atoms with Gasteiger partial charge in [0.2, 0.25) is 0 Å². The lowest BCUT2D eigenvalue weighted by Gasteiger charge is -2.18. The molecule has 0 aliphatic heterocycles. The van der Waals surface area contributed by atoms with Crippen molar-refractivity contribution in [3.05, 3.63) is 248 Å². The molecule has 5 nitrogen and oxygen atoms in total. The van der Waals surface area contributed by atoms with Crippen LogP contribution in [-0.4, -0.2) is 24.5 Å². The molecule has 0 saturated heterocycles. The van der Waals surface area contributed by atoms with Crippen molar-refractivity contribution in [2.75, 3.05) is 0 Å². The first-order chi connectivity index (χ1) is 34.0. The highest BCUT2D eigenvalue weighted by Crippen LogP contribution is 2.42. The fraction of sp³-hybridized carbons (Fsp3) is 0.0312. The second-order valence-electron chi connectivity index (χ2n) is 17.7. The molecule has 0 bridgehead atoms. The number of hydrogen-bond acceptors (Lipinski definition) is 4. The van der Waals surface area contributed by atoms with E-state index in [9.17, 15) is 0 Å². The lowest BCUT2D eigenvalue weighted by molar-refractivity contribution is 1.15. The summed E-state index contributed by atoms with van der Waals surface area (Å²) in [5.41, 5.74) is 19.3. The molecule has 0 fully saturated rings. The number of rotatable bonds is 9. The van der Waals surface area contributed by atoms with Crippen molar-refractivity contribution in [2.24, 2.45) is 0 Å². The first-order valence-electron chi connectivity index (χ1n) is 23.4. The van der Waals surface area contributed by atoms with E-state index in [1.165, 1.54) is 33.0 Å². The van der Waals surface area contributed by atoms with Crippen molar-refractivity contribution in [1.29, 1.82) is 0 Å². The molecule has 0 amide bonds. The van der Waals surface area contributed by atoms with Gasteiger partial charge in [-0.15, -0.1) is 0 Å². The summed E-state index contributed by atoms with van der Waals surface area (Å²) in [6, 6.07) is 83.5. The van der Waals surface area contributed by atoms with Gasteiger partial charge in [0.1, 0.15) is 0 Å². The van der Waals surface area contributed by atoms with Crippen LogP contribution in [0.15, 0.2) is 237 Å². The highest BCUT2D eigenvalue weighted by molar-refractivity contribution is 6.11. The van der Waals surface area contributed by atoms with Crippen LogP contribution in [0.25, 0.3) is 118 Å². The minimum Gasteiger partial charge on any atom is -0.309 e. The topological polar surface area (TPSA) is 56.5 Å². The quantitative estimate of drug-likeness (QED) is 0.145. The van der Waals surface area contributed by atoms with Gasteiger partial charge < -0.3 is 4.57 Å². The van der Waals surface area contributed by atoms with Crippen LogP contribution >= 0.6 is 0 Å². The lowest BCUT2D eigenvalue weighted by atomic mass is 9.99. The molecule has 0 aliphatic carbocycles. The van der Waals surface area contributed by atoms with Gasteiger partial charge in [-0.05, 0) is 72.5 Å². The Morgan fingerprint density at radius 2 is 0.638 bits per heavy atom. The number of fused-ring (bicyclic) bond motifs is 3. The van der Waals surface area contributed by atoms with Gasteiger partial charge in [0.25, 0.3) is 0 Å². The number of nitrogens with zero attached hydrogens (tertiary/aromatic N) is 5. The van der Waals surface area contributed by atoms with Gasteiger partial charge in [0, 0.05) is 44.2 Å².